The molecule has 3 heterocycles. The monoisotopic (exact) mass is 472 g/mol. The smallest absolute Gasteiger partial charge is 0.329 e. The minimum atomic E-state index is -0.436. The molecule has 8 heteroatoms. The maximum Gasteiger partial charge on any atom is 0.329 e. The lowest BCUT2D eigenvalue weighted by Gasteiger charge is -2.35. The Labute approximate surface area is 204 Å². The number of aromatic nitrogens is 4. The highest BCUT2D eigenvalue weighted by Gasteiger charge is 2.24. The summed E-state index contributed by atoms with van der Waals surface area (Å²) in [5.74, 6) is 0.780. The van der Waals surface area contributed by atoms with Gasteiger partial charge in [0.05, 0.1) is 0 Å². The summed E-state index contributed by atoms with van der Waals surface area (Å²) in [5, 5.41) is 0. The van der Waals surface area contributed by atoms with Crippen LogP contribution in [0.5, 0.6) is 0 Å². The SMILES string of the molecule is Cn1c(=O)[nH]c(=O)c2c1nc(N1CCN(CCc3ccccc3)CC1)n2CCCc1ccccc1. The molecule has 4 aromatic rings. The third-order valence-corrected chi connectivity index (χ3v) is 6.89. The van der Waals surface area contributed by atoms with Crippen molar-refractivity contribution < 1.29 is 0 Å². The summed E-state index contributed by atoms with van der Waals surface area (Å²) in [6.07, 6.45) is 2.83. The van der Waals surface area contributed by atoms with E-state index in [0.717, 1.165) is 57.9 Å². The van der Waals surface area contributed by atoms with Crippen LogP contribution in [0.3, 0.4) is 0 Å². The standard InChI is InChI=1S/C27H32N6O2/c1-30-24-23(25(34)29-27(30)35)33(15-8-13-21-9-4-2-5-10-21)26(28-24)32-19-17-31(18-20-32)16-14-22-11-6-3-7-12-22/h2-7,9-12H,8,13-20H2,1H3,(H,29,34,35). The Kier molecular flexibility index (Phi) is 6.81. The van der Waals surface area contributed by atoms with E-state index in [1.54, 1.807) is 7.05 Å². The van der Waals surface area contributed by atoms with Crippen LogP contribution in [0.15, 0.2) is 70.3 Å². The Morgan fingerprint density at radius 1 is 0.829 bits per heavy atom. The molecule has 0 spiro atoms. The topological polar surface area (TPSA) is 79.2 Å². The Morgan fingerprint density at radius 2 is 1.46 bits per heavy atom. The second kappa shape index (κ2) is 10.3. The molecule has 0 amide bonds. The van der Waals surface area contributed by atoms with Crippen molar-refractivity contribution in [3.8, 4) is 0 Å². The second-order valence-corrected chi connectivity index (χ2v) is 9.21. The lowest BCUT2D eigenvalue weighted by molar-refractivity contribution is 0.259. The molecule has 0 bridgehead atoms. The molecular formula is C27H32N6O2. The molecule has 1 aliphatic rings. The Balaban J connectivity index is 1.34. The van der Waals surface area contributed by atoms with Gasteiger partial charge in [0.1, 0.15) is 0 Å². The van der Waals surface area contributed by atoms with Crippen LogP contribution in [-0.2, 0) is 26.4 Å². The minimum absolute atomic E-state index is 0.372. The van der Waals surface area contributed by atoms with Gasteiger partial charge in [-0.15, -0.1) is 0 Å². The van der Waals surface area contributed by atoms with Gasteiger partial charge in [0.25, 0.3) is 5.56 Å². The predicted molar refractivity (Wildman–Crippen MR) is 139 cm³/mol. The molecule has 0 unspecified atom stereocenters. The molecule has 1 saturated heterocycles. The van der Waals surface area contributed by atoms with Crippen LogP contribution in [-0.4, -0.2) is 56.7 Å². The molecule has 5 rings (SSSR count). The number of hydrogen-bond donors (Lipinski definition) is 1. The zero-order valence-corrected chi connectivity index (χ0v) is 20.2. The van der Waals surface area contributed by atoms with Gasteiger partial charge in [0.2, 0.25) is 5.95 Å². The minimum Gasteiger partial charge on any atom is -0.340 e. The van der Waals surface area contributed by atoms with Crippen molar-refractivity contribution >= 4 is 17.1 Å². The largest absolute Gasteiger partial charge is 0.340 e. The summed E-state index contributed by atoms with van der Waals surface area (Å²) < 4.78 is 3.44. The first-order valence-electron chi connectivity index (χ1n) is 12.3. The molecule has 1 fully saturated rings. The highest BCUT2D eigenvalue weighted by Crippen LogP contribution is 2.22. The fraction of sp³-hybridized carbons (Fsp3) is 0.370. The van der Waals surface area contributed by atoms with Crippen molar-refractivity contribution in [3.63, 3.8) is 0 Å². The molecule has 8 nitrogen and oxygen atoms in total. The van der Waals surface area contributed by atoms with E-state index >= 15 is 0 Å². The number of H-pyrrole nitrogens is 1. The number of fused-ring (bicyclic) bond motifs is 1. The third-order valence-electron chi connectivity index (χ3n) is 6.89. The number of hydrogen-bond acceptors (Lipinski definition) is 5. The summed E-state index contributed by atoms with van der Waals surface area (Å²) in [5.41, 5.74) is 2.74. The van der Waals surface area contributed by atoms with Gasteiger partial charge in [0.15, 0.2) is 11.2 Å². The van der Waals surface area contributed by atoms with Crippen LogP contribution < -0.4 is 16.1 Å². The van der Waals surface area contributed by atoms with Gasteiger partial charge in [-0.3, -0.25) is 19.2 Å². The quantitative estimate of drug-likeness (QED) is 0.426. The molecule has 35 heavy (non-hydrogen) atoms. The molecule has 1 N–H and O–H groups in total. The van der Waals surface area contributed by atoms with Crippen molar-refractivity contribution in [2.24, 2.45) is 7.05 Å². The molecular weight excluding hydrogens is 440 g/mol. The number of aromatic amines is 1. The van der Waals surface area contributed by atoms with Gasteiger partial charge in [-0.1, -0.05) is 60.7 Å². The number of nitrogens with one attached hydrogen (secondary N) is 1. The summed E-state index contributed by atoms with van der Waals surface area (Å²) in [6, 6.07) is 20.9. The van der Waals surface area contributed by atoms with Gasteiger partial charge in [-0.25, -0.2) is 4.79 Å². The molecule has 182 valence electrons. The van der Waals surface area contributed by atoms with E-state index in [2.05, 4.69) is 57.2 Å². The second-order valence-electron chi connectivity index (χ2n) is 9.21. The Morgan fingerprint density at radius 3 is 2.11 bits per heavy atom. The van der Waals surface area contributed by atoms with E-state index in [1.165, 1.54) is 15.7 Å². The number of nitrogens with zero attached hydrogens (tertiary/aromatic N) is 5. The van der Waals surface area contributed by atoms with Crippen molar-refractivity contribution in [2.45, 2.75) is 25.8 Å². The van der Waals surface area contributed by atoms with Crippen LogP contribution in [0.25, 0.3) is 11.2 Å². The third kappa shape index (κ3) is 5.07. The van der Waals surface area contributed by atoms with Crippen LogP contribution in [0.2, 0.25) is 0 Å². The fourth-order valence-corrected chi connectivity index (χ4v) is 4.87. The lowest BCUT2D eigenvalue weighted by atomic mass is 10.1. The van der Waals surface area contributed by atoms with Crippen molar-refractivity contribution in [3.05, 3.63) is 92.6 Å². The van der Waals surface area contributed by atoms with Crippen LogP contribution in [0, 0.1) is 0 Å². The molecule has 2 aromatic heterocycles. The average molecular weight is 473 g/mol. The molecule has 0 saturated carbocycles. The molecule has 1 aliphatic heterocycles. The predicted octanol–water partition coefficient (Wildman–Crippen LogP) is 2.42. The maximum absolute atomic E-state index is 12.8. The summed E-state index contributed by atoms with van der Waals surface area (Å²) in [4.78, 5) is 37.0. The van der Waals surface area contributed by atoms with E-state index < -0.39 is 5.69 Å². The van der Waals surface area contributed by atoms with Crippen molar-refractivity contribution in [1.82, 2.24) is 24.0 Å². The van der Waals surface area contributed by atoms with Gasteiger partial charge in [-0.05, 0) is 30.4 Å². The number of imidazole rings is 1. The number of aryl methyl sites for hydroxylation is 3. The first-order valence-corrected chi connectivity index (χ1v) is 12.3. The summed E-state index contributed by atoms with van der Waals surface area (Å²) >= 11 is 0. The highest BCUT2D eigenvalue weighted by molar-refractivity contribution is 5.74. The average Bonchev–Trinajstić information content (AvgIpc) is 3.28. The number of rotatable bonds is 8. The molecule has 2 aromatic carbocycles. The normalized spacial score (nSPS) is 14.6. The fourth-order valence-electron chi connectivity index (χ4n) is 4.87. The maximum atomic E-state index is 12.8. The van der Waals surface area contributed by atoms with E-state index in [-0.39, 0.29) is 5.56 Å². The van der Waals surface area contributed by atoms with E-state index in [9.17, 15) is 9.59 Å². The van der Waals surface area contributed by atoms with Crippen LogP contribution in [0.4, 0.5) is 5.95 Å². The molecule has 0 atom stereocenters. The van der Waals surface area contributed by atoms with Crippen molar-refractivity contribution in [1.29, 1.82) is 0 Å². The lowest BCUT2D eigenvalue weighted by Crippen LogP contribution is -2.47. The van der Waals surface area contributed by atoms with Crippen LogP contribution >= 0.6 is 0 Å². The van der Waals surface area contributed by atoms with Gasteiger partial charge in [-0.2, -0.15) is 4.98 Å². The van der Waals surface area contributed by atoms with E-state index in [4.69, 9.17) is 4.98 Å². The van der Waals surface area contributed by atoms with Gasteiger partial charge >= 0.3 is 5.69 Å². The molecule has 0 radical (unpaired) electrons. The van der Waals surface area contributed by atoms with Gasteiger partial charge < -0.3 is 9.47 Å². The summed E-state index contributed by atoms with van der Waals surface area (Å²) in [6.45, 7) is 5.24. The first-order chi connectivity index (χ1) is 17.1. The van der Waals surface area contributed by atoms with Crippen LogP contribution in [0.1, 0.15) is 17.5 Å². The zero-order valence-electron chi connectivity index (χ0n) is 20.2. The Hall–Kier alpha value is -3.65. The molecule has 0 aliphatic carbocycles. The number of anilines is 1. The van der Waals surface area contributed by atoms with E-state index in [0.29, 0.717) is 17.7 Å². The summed E-state index contributed by atoms with van der Waals surface area (Å²) in [7, 11) is 1.66. The number of benzene rings is 2. The van der Waals surface area contributed by atoms with E-state index in [1.807, 2.05) is 22.8 Å². The number of piperazine rings is 1. The zero-order chi connectivity index (χ0) is 24.2. The highest BCUT2D eigenvalue weighted by atomic mass is 16.2. The first kappa shape index (κ1) is 23.1. The van der Waals surface area contributed by atoms with Gasteiger partial charge in [0, 0.05) is 46.3 Å². The Bertz CT molecular complexity index is 1380. The van der Waals surface area contributed by atoms with Crippen molar-refractivity contribution in [2.75, 3.05) is 37.6 Å².